The highest BCUT2D eigenvalue weighted by molar-refractivity contribution is 8.26. The largest absolute Gasteiger partial charge is 0.293 e. The second-order valence-corrected chi connectivity index (χ2v) is 6.82. The number of aryl methyl sites for hydroxylation is 1. The third-order valence-electron chi connectivity index (χ3n) is 3.39. The molecule has 1 amide bonds. The Labute approximate surface area is 122 Å². The summed E-state index contributed by atoms with van der Waals surface area (Å²) in [6, 6.07) is 8.17. The van der Waals surface area contributed by atoms with Crippen LogP contribution in [0.4, 0.5) is 0 Å². The first-order chi connectivity index (χ1) is 9.13. The van der Waals surface area contributed by atoms with Gasteiger partial charge in [0.25, 0.3) is 5.91 Å². The van der Waals surface area contributed by atoms with Crippen molar-refractivity contribution in [3.05, 3.63) is 40.3 Å². The van der Waals surface area contributed by atoms with Crippen LogP contribution in [0.2, 0.25) is 0 Å². The van der Waals surface area contributed by atoms with Gasteiger partial charge in [0, 0.05) is 6.54 Å². The van der Waals surface area contributed by atoms with E-state index >= 15 is 0 Å². The maximum atomic E-state index is 12.3. The van der Waals surface area contributed by atoms with E-state index in [4.69, 9.17) is 12.2 Å². The molecule has 0 spiro atoms. The first-order valence-corrected chi connectivity index (χ1v) is 7.68. The summed E-state index contributed by atoms with van der Waals surface area (Å²) in [5.74, 6) is 0.740. The summed E-state index contributed by atoms with van der Waals surface area (Å²) >= 11 is 6.72. The third-order valence-corrected chi connectivity index (χ3v) is 4.76. The van der Waals surface area contributed by atoms with Gasteiger partial charge in [-0.3, -0.25) is 9.69 Å². The van der Waals surface area contributed by atoms with Gasteiger partial charge >= 0.3 is 0 Å². The number of carbonyl (C=O) groups is 1. The predicted octanol–water partition coefficient (Wildman–Crippen LogP) is 3.61. The number of hydrogen-bond donors (Lipinski definition) is 0. The Bertz CT molecular complexity index is 558. The van der Waals surface area contributed by atoms with Gasteiger partial charge in [-0.25, -0.2) is 0 Å². The lowest BCUT2D eigenvalue weighted by Gasteiger charge is -2.12. The van der Waals surface area contributed by atoms with E-state index in [9.17, 15) is 4.79 Å². The molecule has 1 saturated heterocycles. The summed E-state index contributed by atoms with van der Waals surface area (Å²) in [5.41, 5.74) is 2.27. The van der Waals surface area contributed by atoms with Crippen molar-refractivity contribution in [3.8, 4) is 0 Å². The van der Waals surface area contributed by atoms with E-state index in [0.29, 0.717) is 10.2 Å². The number of amides is 1. The molecule has 0 aromatic heterocycles. The fourth-order valence-electron chi connectivity index (χ4n) is 2.03. The molecule has 0 unspecified atom stereocenters. The number of hydrogen-bond acceptors (Lipinski definition) is 3. The average molecular weight is 289 g/mol. The molecule has 1 heterocycles. The summed E-state index contributed by atoms with van der Waals surface area (Å²) in [5, 5.41) is 0. The van der Waals surface area contributed by atoms with Gasteiger partial charge in [0.05, 0.1) is 4.91 Å². The maximum Gasteiger partial charge on any atom is 0.266 e. The molecule has 1 aliphatic heterocycles. The number of benzene rings is 1. The maximum absolute atomic E-state index is 12.3. The fraction of sp³-hybridized carbons (Fsp3) is 0.333. The first kappa shape index (κ1) is 12.9. The van der Waals surface area contributed by atoms with Gasteiger partial charge in [-0.2, -0.15) is 0 Å². The molecule has 2 aliphatic rings. The first-order valence-electron chi connectivity index (χ1n) is 6.45. The Kier molecular flexibility index (Phi) is 3.46. The van der Waals surface area contributed by atoms with E-state index in [1.54, 1.807) is 4.90 Å². The molecule has 4 heteroatoms. The molecule has 1 aromatic carbocycles. The van der Waals surface area contributed by atoms with Crippen LogP contribution in [0.25, 0.3) is 6.08 Å². The summed E-state index contributed by atoms with van der Waals surface area (Å²) < 4.78 is 0.704. The molecule has 0 radical (unpaired) electrons. The van der Waals surface area contributed by atoms with Crippen LogP contribution in [0, 0.1) is 12.8 Å². The lowest BCUT2D eigenvalue weighted by Crippen LogP contribution is -2.30. The van der Waals surface area contributed by atoms with Crippen LogP contribution < -0.4 is 0 Å². The number of carbonyl (C=O) groups excluding carboxylic acids is 1. The van der Waals surface area contributed by atoms with Gasteiger partial charge in [0.2, 0.25) is 0 Å². The lowest BCUT2D eigenvalue weighted by atomic mass is 10.1. The monoisotopic (exact) mass is 289 g/mol. The number of thioether (sulfide) groups is 1. The van der Waals surface area contributed by atoms with E-state index in [1.807, 2.05) is 18.2 Å². The van der Waals surface area contributed by atoms with Crippen molar-refractivity contribution < 1.29 is 4.79 Å². The van der Waals surface area contributed by atoms with Gasteiger partial charge in [-0.05, 0) is 37.3 Å². The van der Waals surface area contributed by atoms with E-state index < -0.39 is 0 Å². The second-order valence-electron chi connectivity index (χ2n) is 5.15. The summed E-state index contributed by atoms with van der Waals surface area (Å²) in [6.45, 7) is 2.86. The molecular formula is C15H15NOS2. The molecule has 0 atom stereocenters. The minimum atomic E-state index is 0.0717. The van der Waals surface area contributed by atoms with Crippen molar-refractivity contribution in [2.75, 3.05) is 6.54 Å². The topological polar surface area (TPSA) is 20.3 Å². The van der Waals surface area contributed by atoms with Gasteiger partial charge < -0.3 is 0 Å². The predicted molar refractivity (Wildman–Crippen MR) is 83.8 cm³/mol. The Balaban J connectivity index is 1.79. The van der Waals surface area contributed by atoms with Crippen molar-refractivity contribution >= 4 is 40.3 Å². The van der Waals surface area contributed by atoms with Crippen molar-refractivity contribution in [2.24, 2.45) is 5.92 Å². The van der Waals surface area contributed by atoms with Crippen molar-refractivity contribution in [2.45, 2.75) is 19.8 Å². The summed E-state index contributed by atoms with van der Waals surface area (Å²) in [7, 11) is 0. The Morgan fingerprint density at radius 2 is 2.05 bits per heavy atom. The molecule has 98 valence electrons. The minimum Gasteiger partial charge on any atom is -0.293 e. The van der Waals surface area contributed by atoms with Gasteiger partial charge in [-0.1, -0.05) is 53.8 Å². The number of nitrogens with zero attached hydrogens (tertiary/aromatic N) is 1. The SMILES string of the molecule is Cc1ccc(/C=C2\SC(=S)N(CC3CC3)C2=O)cc1. The van der Waals surface area contributed by atoms with E-state index in [2.05, 4.69) is 19.1 Å². The molecule has 1 aliphatic carbocycles. The average Bonchev–Trinajstić information content (AvgIpc) is 3.16. The highest BCUT2D eigenvalue weighted by Gasteiger charge is 2.36. The second kappa shape index (κ2) is 5.10. The van der Waals surface area contributed by atoms with Crippen LogP contribution in [0.15, 0.2) is 29.2 Å². The van der Waals surface area contributed by atoms with E-state index in [-0.39, 0.29) is 5.91 Å². The summed E-state index contributed by atoms with van der Waals surface area (Å²) in [4.78, 5) is 14.8. The van der Waals surface area contributed by atoms with E-state index in [1.165, 1.54) is 30.2 Å². The zero-order chi connectivity index (χ0) is 13.4. The van der Waals surface area contributed by atoms with Crippen LogP contribution >= 0.6 is 24.0 Å². The molecule has 0 N–H and O–H groups in total. The quantitative estimate of drug-likeness (QED) is 0.626. The third kappa shape index (κ3) is 2.90. The molecular weight excluding hydrogens is 274 g/mol. The Morgan fingerprint density at radius 1 is 1.37 bits per heavy atom. The fourth-order valence-corrected chi connectivity index (χ4v) is 3.31. The van der Waals surface area contributed by atoms with Crippen LogP contribution in [-0.2, 0) is 4.79 Å². The molecule has 2 nitrogen and oxygen atoms in total. The molecule has 3 rings (SSSR count). The molecule has 19 heavy (non-hydrogen) atoms. The zero-order valence-corrected chi connectivity index (χ0v) is 12.4. The highest BCUT2D eigenvalue weighted by Crippen LogP contribution is 2.37. The number of thiocarbonyl (C=S) groups is 1. The molecule has 2 fully saturated rings. The summed E-state index contributed by atoms with van der Waals surface area (Å²) in [6.07, 6.45) is 4.40. The minimum absolute atomic E-state index is 0.0717. The zero-order valence-electron chi connectivity index (χ0n) is 10.8. The smallest absolute Gasteiger partial charge is 0.266 e. The van der Waals surface area contributed by atoms with E-state index in [0.717, 1.165) is 17.0 Å². The van der Waals surface area contributed by atoms with Crippen LogP contribution in [-0.4, -0.2) is 21.7 Å². The van der Waals surface area contributed by atoms with Crippen LogP contribution in [0.1, 0.15) is 24.0 Å². The van der Waals surface area contributed by atoms with Crippen LogP contribution in [0.5, 0.6) is 0 Å². The lowest BCUT2D eigenvalue weighted by molar-refractivity contribution is -0.122. The van der Waals surface area contributed by atoms with Crippen LogP contribution in [0.3, 0.4) is 0 Å². The van der Waals surface area contributed by atoms with Crippen molar-refractivity contribution in [1.82, 2.24) is 4.90 Å². The molecule has 1 aromatic rings. The normalized spacial score (nSPS) is 21.5. The number of rotatable bonds is 3. The van der Waals surface area contributed by atoms with Gasteiger partial charge in [0.1, 0.15) is 4.32 Å². The van der Waals surface area contributed by atoms with Gasteiger partial charge in [-0.15, -0.1) is 0 Å². The highest BCUT2D eigenvalue weighted by atomic mass is 32.2. The standard InChI is InChI=1S/C15H15NOS2/c1-10-2-4-11(5-3-10)8-13-14(17)16(15(18)19-13)9-12-6-7-12/h2-5,8,12H,6-7,9H2,1H3/b13-8-. The van der Waals surface area contributed by atoms with Crippen molar-refractivity contribution in [1.29, 1.82) is 0 Å². The van der Waals surface area contributed by atoms with Gasteiger partial charge in [0.15, 0.2) is 0 Å². The molecule has 1 saturated carbocycles. The van der Waals surface area contributed by atoms with Crippen molar-refractivity contribution in [3.63, 3.8) is 0 Å². The Morgan fingerprint density at radius 3 is 2.68 bits per heavy atom. The Hall–Kier alpha value is -1.13. The molecule has 0 bridgehead atoms.